The van der Waals surface area contributed by atoms with E-state index in [9.17, 15) is 4.79 Å². The van der Waals surface area contributed by atoms with Gasteiger partial charge in [-0.05, 0) is 81.6 Å². The van der Waals surface area contributed by atoms with E-state index in [0.29, 0.717) is 6.04 Å². The summed E-state index contributed by atoms with van der Waals surface area (Å²) in [7, 11) is 1.73. The van der Waals surface area contributed by atoms with Crippen molar-refractivity contribution in [3.8, 4) is 5.75 Å². The van der Waals surface area contributed by atoms with Gasteiger partial charge in [-0.3, -0.25) is 4.79 Å². The molecule has 1 saturated carbocycles. The van der Waals surface area contributed by atoms with Crippen LogP contribution in [0.15, 0.2) is 24.3 Å². The number of carbonyl (C=O) groups excluding carboxylic acids is 1. The van der Waals surface area contributed by atoms with Crippen molar-refractivity contribution in [2.75, 3.05) is 20.2 Å². The Balaban J connectivity index is 1.42. The second-order valence-electron chi connectivity index (χ2n) is 7.74. The second kappa shape index (κ2) is 8.70. The van der Waals surface area contributed by atoms with Gasteiger partial charge in [-0.15, -0.1) is 0 Å². The molecule has 4 nitrogen and oxygen atoms in total. The molecular formula is C21H32N2O2. The van der Waals surface area contributed by atoms with E-state index in [1.54, 1.807) is 14.0 Å². The van der Waals surface area contributed by atoms with Gasteiger partial charge in [0.2, 0.25) is 5.91 Å². The predicted molar refractivity (Wildman–Crippen MR) is 101 cm³/mol. The van der Waals surface area contributed by atoms with E-state index in [4.69, 9.17) is 4.74 Å². The van der Waals surface area contributed by atoms with Crippen LogP contribution in [0.3, 0.4) is 0 Å². The highest BCUT2D eigenvalue weighted by Crippen LogP contribution is 2.29. The molecule has 0 atom stereocenters. The Bertz CT molecular complexity index is 559. The molecule has 1 N–H and O–H groups in total. The van der Waals surface area contributed by atoms with Crippen LogP contribution in [0.4, 0.5) is 0 Å². The van der Waals surface area contributed by atoms with Crippen LogP contribution in [0.2, 0.25) is 0 Å². The van der Waals surface area contributed by atoms with Crippen molar-refractivity contribution in [3.63, 3.8) is 0 Å². The van der Waals surface area contributed by atoms with Gasteiger partial charge in [0.15, 0.2) is 0 Å². The molecule has 2 aliphatic rings. The molecule has 0 aromatic heterocycles. The molecular weight excluding hydrogens is 312 g/mol. The van der Waals surface area contributed by atoms with Gasteiger partial charge in [-0.25, -0.2) is 0 Å². The molecule has 1 amide bonds. The van der Waals surface area contributed by atoms with Gasteiger partial charge in [0, 0.05) is 19.0 Å². The lowest BCUT2D eigenvalue weighted by Crippen LogP contribution is -2.46. The number of likely N-dealkylation sites (tertiary alicyclic amines) is 1. The second-order valence-corrected chi connectivity index (χ2v) is 7.74. The molecule has 1 aromatic rings. The topological polar surface area (TPSA) is 41.6 Å². The van der Waals surface area contributed by atoms with Crippen molar-refractivity contribution in [2.24, 2.45) is 5.92 Å². The number of rotatable bonds is 5. The lowest BCUT2D eigenvalue weighted by Gasteiger charge is -2.41. The number of nitrogens with one attached hydrogen (secondary N) is 1. The first-order chi connectivity index (χ1) is 12.1. The van der Waals surface area contributed by atoms with Gasteiger partial charge in [-0.2, -0.15) is 0 Å². The Morgan fingerprint density at radius 3 is 2.52 bits per heavy atom. The van der Waals surface area contributed by atoms with E-state index in [1.807, 2.05) is 6.07 Å². The molecule has 138 valence electrons. The van der Waals surface area contributed by atoms with Crippen LogP contribution in [0.5, 0.6) is 5.75 Å². The van der Waals surface area contributed by atoms with E-state index >= 15 is 0 Å². The minimum absolute atomic E-state index is 0.113. The number of hydrogen-bond acceptors (Lipinski definition) is 3. The number of hydrogen-bond donors (Lipinski definition) is 1. The molecule has 25 heavy (non-hydrogen) atoms. The van der Waals surface area contributed by atoms with Crippen LogP contribution in [0.1, 0.15) is 51.0 Å². The summed E-state index contributed by atoms with van der Waals surface area (Å²) in [5.74, 6) is 1.87. The van der Waals surface area contributed by atoms with Crippen molar-refractivity contribution >= 4 is 5.91 Å². The molecule has 3 rings (SSSR count). The number of benzene rings is 1. The molecule has 2 fully saturated rings. The summed E-state index contributed by atoms with van der Waals surface area (Å²) in [6.07, 6.45) is 8.48. The van der Waals surface area contributed by atoms with Crippen LogP contribution in [0, 0.1) is 5.92 Å². The van der Waals surface area contributed by atoms with Gasteiger partial charge in [0.1, 0.15) is 5.75 Å². The summed E-state index contributed by atoms with van der Waals surface area (Å²) in [4.78, 5) is 13.9. The van der Waals surface area contributed by atoms with E-state index in [0.717, 1.165) is 30.6 Å². The molecule has 0 radical (unpaired) electrons. The maximum absolute atomic E-state index is 11.2. The van der Waals surface area contributed by atoms with E-state index in [-0.39, 0.29) is 5.91 Å². The van der Waals surface area contributed by atoms with Gasteiger partial charge in [-0.1, -0.05) is 12.1 Å². The van der Waals surface area contributed by atoms with Gasteiger partial charge >= 0.3 is 0 Å². The highest BCUT2D eigenvalue weighted by molar-refractivity contribution is 5.73. The highest BCUT2D eigenvalue weighted by Gasteiger charge is 2.29. The molecule has 1 saturated heterocycles. The molecule has 0 bridgehead atoms. The summed E-state index contributed by atoms with van der Waals surface area (Å²) >= 11 is 0. The number of nitrogens with zero attached hydrogens (tertiary/aromatic N) is 1. The first-order valence-electron chi connectivity index (χ1n) is 9.78. The summed E-state index contributed by atoms with van der Waals surface area (Å²) in [6, 6.07) is 9.64. The molecule has 1 aromatic carbocycles. The first-order valence-corrected chi connectivity index (χ1v) is 9.78. The van der Waals surface area contributed by atoms with E-state index in [1.165, 1.54) is 50.8 Å². The number of ether oxygens (including phenoxy) is 1. The maximum Gasteiger partial charge on any atom is 0.217 e. The van der Waals surface area contributed by atoms with Gasteiger partial charge in [0.05, 0.1) is 7.11 Å². The zero-order valence-electron chi connectivity index (χ0n) is 15.7. The van der Waals surface area contributed by atoms with E-state index < -0.39 is 0 Å². The van der Waals surface area contributed by atoms with Crippen LogP contribution >= 0.6 is 0 Å². The van der Waals surface area contributed by atoms with Crippen LogP contribution in [-0.2, 0) is 11.2 Å². The number of carbonyl (C=O) groups is 1. The quantitative estimate of drug-likeness (QED) is 0.890. The lowest BCUT2D eigenvalue weighted by molar-refractivity contribution is -0.119. The summed E-state index contributed by atoms with van der Waals surface area (Å²) < 4.78 is 5.34. The minimum Gasteiger partial charge on any atom is -0.497 e. The standard InChI is InChI=1S/C21H32N2O2/c1-16(24)22-19-6-8-20(9-7-19)23-12-10-17(11-13-23)14-18-4-3-5-21(15-18)25-2/h3-5,15,17,19-20H,6-14H2,1-2H3,(H,22,24). The van der Waals surface area contributed by atoms with Gasteiger partial charge in [0.25, 0.3) is 0 Å². The van der Waals surface area contributed by atoms with Crippen molar-refractivity contribution in [2.45, 2.75) is 64.0 Å². The number of amides is 1. The largest absolute Gasteiger partial charge is 0.497 e. The zero-order chi connectivity index (χ0) is 17.6. The Morgan fingerprint density at radius 1 is 1.16 bits per heavy atom. The lowest BCUT2D eigenvalue weighted by atomic mass is 9.86. The molecule has 0 unspecified atom stereocenters. The fraction of sp³-hybridized carbons (Fsp3) is 0.667. The maximum atomic E-state index is 11.2. The smallest absolute Gasteiger partial charge is 0.217 e. The van der Waals surface area contributed by atoms with Crippen molar-refractivity contribution in [1.29, 1.82) is 0 Å². The van der Waals surface area contributed by atoms with Crippen molar-refractivity contribution in [1.82, 2.24) is 10.2 Å². The Morgan fingerprint density at radius 2 is 1.88 bits per heavy atom. The minimum atomic E-state index is 0.113. The molecule has 1 aliphatic carbocycles. The molecule has 1 heterocycles. The van der Waals surface area contributed by atoms with Crippen LogP contribution < -0.4 is 10.1 Å². The molecule has 1 aliphatic heterocycles. The van der Waals surface area contributed by atoms with Gasteiger partial charge < -0.3 is 15.0 Å². The fourth-order valence-electron chi connectivity index (χ4n) is 4.53. The van der Waals surface area contributed by atoms with Crippen molar-refractivity contribution < 1.29 is 9.53 Å². The monoisotopic (exact) mass is 344 g/mol. The Hall–Kier alpha value is -1.55. The third-order valence-electron chi connectivity index (χ3n) is 5.93. The number of piperidine rings is 1. The third-order valence-corrected chi connectivity index (χ3v) is 5.93. The third kappa shape index (κ3) is 5.21. The SMILES string of the molecule is COc1cccc(CC2CCN(C3CCC(NC(C)=O)CC3)CC2)c1. The van der Waals surface area contributed by atoms with Crippen LogP contribution in [0.25, 0.3) is 0 Å². The predicted octanol–water partition coefficient (Wildman–Crippen LogP) is 3.40. The van der Waals surface area contributed by atoms with E-state index in [2.05, 4.69) is 28.4 Å². The Kier molecular flexibility index (Phi) is 6.35. The average Bonchev–Trinajstić information content (AvgIpc) is 2.63. The van der Waals surface area contributed by atoms with Crippen LogP contribution in [-0.4, -0.2) is 43.1 Å². The normalized spacial score (nSPS) is 25.5. The summed E-state index contributed by atoms with van der Waals surface area (Å²) in [6.45, 7) is 4.08. The van der Waals surface area contributed by atoms with Crippen molar-refractivity contribution in [3.05, 3.63) is 29.8 Å². The summed E-state index contributed by atoms with van der Waals surface area (Å²) in [5, 5.41) is 3.08. The number of methoxy groups -OCH3 is 1. The zero-order valence-corrected chi connectivity index (χ0v) is 15.7. The molecule has 4 heteroatoms. The summed E-state index contributed by atoms with van der Waals surface area (Å²) in [5.41, 5.74) is 1.40. The molecule has 0 spiro atoms. The first kappa shape index (κ1) is 18.2. The average molecular weight is 344 g/mol. The highest BCUT2D eigenvalue weighted by atomic mass is 16.5. The Labute approximate surface area is 151 Å². The fourth-order valence-corrected chi connectivity index (χ4v) is 4.53.